The van der Waals surface area contributed by atoms with E-state index in [0.29, 0.717) is 5.56 Å². The van der Waals surface area contributed by atoms with Crippen molar-refractivity contribution in [1.29, 1.82) is 0 Å². The highest BCUT2D eigenvalue weighted by Crippen LogP contribution is 2.13. The number of halogens is 2. The van der Waals surface area contributed by atoms with Crippen LogP contribution in [-0.4, -0.2) is 15.3 Å². The van der Waals surface area contributed by atoms with Gasteiger partial charge in [-0.3, -0.25) is 4.79 Å². The van der Waals surface area contributed by atoms with Crippen molar-refractivity contribution < 1.29 is 13.6 Å². The normalized spacial score (nSPS) is 11.0. The zero-order chi connectivity index (χ0) is 14.8. The van der Waals surface area contributed by atoms with Crippen molar-refractivity contribution >= 4 is 16.8 Å². The second-order valence-electron chi connectivity index (χ2n) is 4.83. The number of aromatic nitrogens is 2. The molecule has 0 unspecified atom stereocenters. The molecule has 2 aromatic carbocycles. The summed E-state index contributed by atoms with van der Waals surface area (Å²) >= 11 is 0. The molecule has 3 nitrogen and oxygen atoms in total. The Bertz CT molecular complexity index is 811. The van der Waals surface area contributed by atoms with Gasteiger partial charge in [0.25, 0.3) is 0 Å². The molecule has 0 aliphatic carbocycles. The average molecular weight is 286 g/mol. The molecule has 0 fully saturated rings. The van der Waals surface area contributed by atoms with E-state index in [-0.39, 0.29) is 18.7 Å². The third-order valence-corrected chi connectivity index (χ3v) is 3.26. The van der Waals surface area contributed by atoms with Gasteiger partial charge < -0.3 is 4.57 Å². The van der Waals surface area contributed by atoms with E-state index in [1.807, 2.05) is 24.3 Å². The molecule has 21 heavy (non-hydrogen) atoms. The smallest absolute Gasteiger partial charge is 0.159 e. The predicted molar refractivity (Wildman–Crippen MR) is 74.8 cm³/mol. The van der Waals surface area contributed by atoms with E-state index in [2.05, 4.69) is 4.98 Å². The van der Waals surface area contributed by atoms with E-state index in [1.54, 1.807) is 10.9 Å². The Labute approximate surface area is 119 Å². The molecule has 0 bridgehead atoms. The van der Waals surface area contributed by atoms with E-state index < -0.39 is 11.6 Å². The van der Waals surface area contributed by atoms with Crippen LogP contribution < -0.4 is 0 Å². The number of fused-ring (bicyclic) bond motifs is 1. The molecule has 3 aromatic rings. The van der Waals surface area contributed by atoms with Gasteiger partial charge in [0.2, 0.25) is 0 Å². The maximum atomic E-state index is 13.1. The SMILES string of the molecule is O=C(Cc1ccc(F)c(F)c1)Cn1cnc2ccccc21. The van der Waals surface area contributed by atoms with Crippen LogP contribution in [0.2, 0.25) is 0 Å². The monoisotopic (exact) mass is 286 g/mol. The average Bonchev–Trinajstić information content (AvgIpc) is 2.86. The highest BCUT2D eigenvalue weighted by Gasteiger charge is 2.10. The van der Waals surface area contributed by atoms with Crippen LogP contribution in [0.3, 0.4) is 0 Å². The minimum absolute atomic E-state index is 0.0592. The van der Waals surface area contributed by atoms with Gasteiger partial charge in [0.15, 0.2) is 17.4 Å². The van der Waals surface area contributed by atoms with Crippen LogP contribution in [0.25, 0.3) is 11.0 Å². The fourth-order valence-corrected chi connectivity index (χ4v) is 2.26. The first-order chi connectivity index (χ1) is 10.1. The fraction of sp³-hybridized carbons (Fsp3) is 0.125. The first-order valence-corrected chi connectivity index (χ1v) is 6.49. The molecule has 1 aromatic heterocycles. The van der Waals surface area contributed by atoms with Gasteiger partial charge in [-0.1, -0.05) is 18.2 Å². The summed E-state index contributed by atoms with van der Waals surface area (Å²) in [6.07, 6.45) is 1.66. The van der Waals surface area contributed by atoms with Crippen molar-refractivity contribution in [3.05, 3.63) is 66.0 Å². The highest BCUT2D eigenvalue weighted by molar-refractivity contribution is 5.83. The summed E-state index contributed by atoms with van der Waals surface area (Å²) in [4.78, 5) is 16.3. The summed E-state index contributed by atoms with van der Waals surface area (Å²) < 4.78 is 27.7. The van der Waals surface area contributed by atoms with Gasteiger partial charge in [-0.15, -0.1) is 0 Å². The van der Waals surface area contributed by atoms with E-state index >= 15 is 0 Å². The van der Waals surface area contributed by atoms with Gasteiger partial charge in [-0.25, -0.2) is 13.8 Å². The third kappa shape index (κ3) is 2.81. The topological polar surface area (TPSA) is 34.9 Å². The van der Waals surface area contributed by atoms with Crippen LogP contribution in [0.4, 0.5) is 8.78 Å². The Morgan fingerprint density at radius 2 is 1.90 bits per heavy atom. The number of carbonyl (C=O) groups excluding carboxylic acids is 1. The number of hydrogen-bond donors (Lipinski definition) is 0. The Kier molecular flexibility index (Phi) is 3.48. The largest absolute Gasteiger partial charge is 0.323 e. The predicted octanol–water partition coefficient (Wildman–Crippen LogP) is 3.13. The summed E-state index contributed by atoms with van der Waals surface area (Å²) in [5.74, 6) is -1.94. The number of Topliss-reactive ketones (excluding diaryl/α,β-unsaturated/α-hetero) is 1. The molecule has 3 rings (SSSR count). The van der Waals surface area contributed by atoms with Crippen molar-refractivity contribution in [2.24, 2.45) is 0 Å². The lowest BCUT2D eigenvalue weighted by molar-refractivity contribution is -0.118. The summed E-state index contributed by atoms with van der Waals surface area (Å²) in [7, 11) is 0. The lowest BCUT2D eigenvalue weighted by atomic mass is 10.1. The summed E-state index contributed by atoms with van der Waals surface area (Å²) in [5, 5.41) is 0. The minimum atomic E-state index is -0.937. The highest BCUT2D eigenvalue weighted by atomic mass is 19.2. The van der Waals surface area contributed by atoms with Crippen molar-refractivity contribution in [1.82, 2.24) is 9.55 Å². The second-order valence-corrected chi connectivity index (χ2v) is 4.83. The molecular weight excluding hydrogens is 274 g/mol. The number of ketones is 1. The van der Waals surface area contributed by atoms with Crippen LogP contribution in [0.15, 0.2) is 48.8 Å². The van der Waals surface area contributed by atoms with Crippen LogP contribution >= 0.6 is 0 Å². The van der Waals surface area contributed by atoms with Gasteiger partial charge in [-0.05, 0) is 29.8 Å². The fourth-order valence-electron chi connectivity index (χ4n) is 2.26. The second kappa shape index (κ2) is 5.44. The molecule has 0 N–H and O–H groups in total. The lowest BCUT2D eigenvalue weighted by Crippen LogP contribution is -2.12. The molecule has 106 valence electrons. The van der Waals surface area contributed by atoms with Gasteiger partial charge in [0.05, 0.1) is 23.9 Å². The summed E-state index contributed by atoms with van der Waals surface area (Å²) in [6.45, 7) is 0.152. The Balaban J connectivity index is 1.75. The number of para-hydroxylation sites is 2. The Morgan fingerprint density at radius 3 is 2.71 bits per heavy atom. The number of benzene rings is 2. The summed E-state index contributed by atoms with van der Waals surface area (Å²) in [6, 6.07) is 11.0. The third-order valence-electron chi connectivity index (χ3n) is 3.26. The van der Waals surface area contributed by atoms with Crippen molar-refractivity contribution in [3.63, 3.8) is 0 Å². The molecule has 5 heteroatoms. The number of nitrogens with zero attached hydrogens (tertiary/aromatic N) is 2. The molecule has 0 saturated heterocycles. The van der Waals surface area contributed by atoms with Crippen LogP contribution in [-0.2, 0) is 17.8 Å². The zero-order valence-corrected chi connectivity index (χ0v) is 11.1. The van der Waals surface area contributed by atoms with Gasteiger partial charge in [0, 0.05) is 6.42 Å². The minimum Gasteiger partial charge on any atom is -0.323 e. The van der Waals surface area contributed by atoms with Crippen LogP contribution in [0.1, 0.15) is 5.56 Å². The lowest BCUT2D eigenvalue weighted by Gasteiger charge is -2.04. The number of carbonyl (C=O) groups is 1. The van der Waals surface area contributed by atoms with Crippen LogP contribution in [0, 0.1) is 11.6 Å². The number of rotatable bonds is 4. The zero-order valence-electron chi connectivity index (χ0n) is 11.1. The standard InChI is InChI=1S/C16H12F2N2O/c17-13-6-5-11(8-14(13)18)7-12(21)9-20-10-19-15-3-1-2-4-16(15)20/h1-6,8,10H,7,9H2. The van der Waals surface area contributed by atoms with Gasteiger partial charge in [0.1, 0.15) is 0 Å². The maximum absolute atomic E-state index is 13.1. The van der Waals surface area contributed by atoms with Gasteiger partial charge >= 0.3 is 0 Å². The van der Waals surface area contributed by atoms with Gasteiger partial charge in [-0.2, -0.15) is 0 Å². The van der Waals surface area contributed by atoms with Crippen LogP contribution in [0.5, 0.6) is 0 Å². The number of imidazole rings is 1. The van der Waals surface area contributed by atoms with E-state index in [0.717, 1.165) is 23.2 Å². The maximum Gasteiger partial charge on any atom is 0.159 e. The molecule has 0 aliphatic heterocycles. The van der Waals surface area contributed by atoms with Crippen molar-refractivity contribution in [3.8, 4) is 0 Å². The summed E-state index contributed by atoms with van der Waals surface area (Å²) in [5.41, 5.74) is 2.15. The van der Waals surface area contributed by atoms with E-state index in [4.69, 9.17) is 0 Å². The van der Waals surface area contributed by atoms with Crippen molar-refractivity contribution in [2.75, 3.05) is 0 Å². The van der Waals surface area contributed by atoms with E-state index in [1.165, 1.54) is 6.07 Å². The molecule has 1 heterocycles. The molecule has 0 saturated carbocycles. The van der Waals surface area contributed by atoms with Crippen molar-refractivity contribution in [2.45, 2.75) is 13.0 Å². The first kappa shape index (κ1) is 13.4. The quantitative estimate of drug-likeness (QED) is 0.738. The molecule has 0 amide bonds. The molecule has 0 atom stereocenters. The number of hydrogen-bond acceptors (Lipinski definition) is 2. The molecular formula is C16H12F2N2O. The van der Waals surface area contributed by atoms with E-state index in [9.17, 15) is 13.6 Å². The molecule has 0 spiro atoms. The first-order valence-electron chi connectivity index (χ1n) is 6.49. The Hall–Kier alpha value is -2.56. The Morgan fingerprint density at radius 1 is 1.10 bits per heavy atom. The molecule has 0 aliphatic rings. The molecule has 0 radical (unpaired) electrons.